The van der Waals surface area contributed by atoms with Crippen molar-refractivity contribution in [2.45, 2.75) is 19.1 Å². The largest absolute Gasteiger partial charge is 0.492 e. The normalized spacial score (nSPS) is 11.5. The lowest BCUT2D eigenvalue weighted by molar-refractivity contribution is -0.139. The summed E-state index contributed by atoms with van der Waals surface area (Å²) < 4.78 is 10.5. The molecule has 1 unspecified atom stereocenters. The first-order chi connectivity index (χ1) is 12.7. The number of ether oxygens (including phenoxy) is 2. The number of thioether (sulfide) groups is 1. The molecule has 2 aromatic rings. The first kappa shape index (κ1) is 19.8. The summed E-state index contributed by atoms with van der Waals surface area (Å²) in [6, 6.07) is 16.7. The fraction of sp³-hybridized carbons (Fsp3) is 0.300. The molecule has 2 rings (SSSR count). The lowest BCUT2D eigenvalue weighted by Crippen LogP contribution is -2.21. The third-order valence-electron chi connectivity index (χ3n) is 3.46. The van der Waals surface area contributed by atoms with Crippen molar-refractivity contribution < 1.29 is 19.1 Å². The van der Waals surface area contributed by atoms with Crippen molar-refractivity contribution in [3.05, 3.63) is 60.2 Å². The van der Waals surface area contributed by atoms with Crippen molar-refractivity contribution in [2.24, 2.45) is 0 Å². The highest BCUT2D eigenvalue weighted by Crippen LogP contribution is 2.32. The molecular formula is C20H23NO4S. The van der Waals surface area contributed by atoms with Gasteiger partial charge in [0.15, 0.2) is 0 Å². The van der Waals surface area contributed by atoms with Crippen molar-refractivity contribution in [2.75, 3.05) is 24.3 Å². The van der Waals surface area contributed by atoms with Crippen LogP contribution in [0.15, 0.2) is 54.6 Å². The zero-order valence-corrected chi connectivity index (χ0v) is 15.8. The van der Waals surface area contributed by atoms with E-state index in [1.54, 1.807) is 13.0 Å². The predicted molar refractivity (Wildman–Crippen MR) is 105 cm³/mol. The maximum absolute atomic E-state index is 12.9. The molecule has 6 heteroatoms. The molecule has 1 atom stereocenters. The van der Waals surface area contributed by atoms with Crippen molar-refractivity contribution in [3.8, 4) is 5.75 Å². The molecule has 0 aliphatic carbocycles. The second-order valence-corrected chi connectivity index (χ2v) is 6.42. The van der Waals surface area contributed by atoms with Crippen molar-refractivity contribution in [1.82, 2.24) is 0 Å². The summed E-state index contributed by atoms with van der Waals surface area (Å²) in [6.07, 6.45) is 0. The van der Waals surface area contributed by atoms with Gasteiger partial charge in [-0.2, -0.15) is 0 Å². The summed E-state index contributed by atoms with van der Waals surface area (Å²) in [5.41, 5.74) is 1.44. The van der Waals surface area contributed by atoms with E-state index in [1.807, 2.05) is 55.5 Å². The molecule has 26 heavy (non-hydrogen) atoms. The molecule has 0 aromatic heterocycles. The van der Waals surface area contributed by atoms with Crippen LogP contribution in [0.25, 0.3) is 0 Å². The van der Waals surface area contributed by atoms with E-state index in [0.717, 1.165) is 5.56 Å². The molecule has 0 bridgehead atoms. The molecule has 0 saturated carbocycles. The van der Waals surface area contributed by atoms with Gasteiger partial charge in [0.25, 0.3) is 0 Å². The van der Waals surface area contributed by atoms with Gasteiger partial charge in [0.1, 0.15) is 11.0 Å². The smallest absolute Gasteiger partial charge is 0.315 e. The fourth-order valence-electron chi connectivity index (χ4n) is 2.35. The Kier molecular flexibility index (Phi) is 8.02. The average molecular weight is 373 g/mol. The van der Waals surface area contributed by atoms with Gasteiger partial charge in [0.05, 0.1) is 24.7 Å². The maximum Gasteiger partial charge on any atom is 0.315 e. The van der Waals surface area contributed by atoms with E-state index in [0.29, 0.717) is 24.7 Å². The summed E-state index contributed by atoms with van der Waals surface area (Å²) in [5, 5.41) is 2.38. The zero-order chi connectivity index (χ0) is 18.8. The van der Waals surface area contributed by atoms with E-state index < -0.39 is 5.25 Å². The number of nitrogens with one attached hydrogen (secondary N) is 1. The quantitative estimate of drug-likeness (QED) is 0.672. The third kappa shape index (κ3) is 5.81. The molecule has 0 heterocycles. The van der Waals surface area contributed by atoms with E-state index in [4.69, 9.17) is 9.47 Å². The van der Waals surface area contributed by atoms with E-state index in [-0.39, 0.29) is 17.6 Å². The molecular weight excluding hydrogens is 350 g/mol. The molecule has 0 aliphatic rings. The Morgan fingerprint density at radius 2 is 1.69 bits per heavy atom. The molecule has 2 aromatic carbocycles. The second kappa shape index (κ2) is 10.5. The number of esters is 1. The lowest BCUT2D eigenvalue weighted by atomic mass is 10.1. The van der Waals surface area contributed by atoms with Crippen LogP contribution < -0.4 is 10.1 Å². The van der Waals surface area contributed by atoms with Gasteiger partial charge in [-0.3, -0.25) is 9.59 Å². The van der Waals surface area contributed by atoms with Gasteiger partial charge in [0.2, 0.25) is 5.91 Å². The molecule has 0 aliphatic heterocycles. The first-order valence-electron chi connectivity index (χ1n) is 8.50. The van der Waals surface area contributed by atoms with Crippen molar-refractivity contribution in [1.29, 1.82) is 0 Å². The number of hydrogen-bond donors (Lipinski definition) is 1. The highest BCUT2D eigenvalue weighted by atomic mass is 32.2. The van der Waals surface area contributed by atoms with Gasteiger partial charge < -0.3 is 14.8 Å². The van der Waals surface area contributed by atoms with Crippen molar-refractivity contribution >= 4 is 29.3 Å². The molecule has 138 valence electrons. The average Bonchev–Trinajstić information content (AvgIpc) is 2.65. The Balaban J connectivity index is 2.16. The number of hydrogen-bond acceptors (Lipinski definition) is 5. The third-order valence-corrected chi connectivity index (χ3v) is 4.68. The number of rotatable bonds is 9. The number of benzene rings is 2. The van der Waals surface area contributed by atoms with Gasteiger partial charge >= 0.3 is 5.97 Å². The highest BCUT2D eigenvalue weighted by molar-refractivity contribution is 8.00. The van der Waals surface area contributed by atoms with Gasteiger partial charge in [-0.05, 0) is 31.5 Å². The maximum atomic E-state index is 12.9. The van der Waals surface area contributed by atoms with Crippen LogP contribution in [0, 0.1) is 0 Å². The van der Waals surface area contributed by atoms with Crippen LogP contribution >= 0.6 is 11.8 Å². The second-order valence-electron chi connectivity index (χ2n) is 5.33. The van der Waals surface area contributed by atoms with E-state index in [2.05, 4.69) is 5.32 Å². The Morgan fingerprint density at radius 1 is 1.00 bits per heavy atom. The molecule has 0 fully saturated rings. The van der Waals surface area contributed by atoms with Crippen LogP contribution in [-0.4, -0.2) is 30.8 Å². The summed E-state index contributed by atoms with van der Waals surface area (Å²) in [7, 11) is 0. The predicted octanol–water partition coefficient (Wildman–Crippen LogP) is 4.06. The number of amides is 1. The van der Waals surface area contributed by atoms with Gasteiger partial charge in [-0.1, -0.05) is 42.5 Å². The highest BCUT2D eigenvalue weighted by Gasteiger charge is 2.23. The number of carbonyl (C=O) groups excluding carboxylic acids is 2. The summed E-state index contributed by atoms with van der Waals surface area (Å²) in [4.78, 5) is 24.6. The first-order valence-corrected chi connectivity index (χ1v) is 9.55. The van der Waals surface area contributed by atoms with Gasteiger partial charge in [0, 0.05) is 0 Å². The Morgan fingerprint density at radius 3 is 2.38 bits per heavy atom. The molecule has 1 amide bonds. The van der Waals surface area contributed by atoms with E-state index in [1.165, 1.54) is 11.8 Å². The Bertz CT molecular complexity index is 721. The van der Waals surface area contributed by atoms with Crippen LogP contribution in [0.3, 0.4) is 0 Å². The minimum absolute atomic E-state index is 0.105. The topological polar surface area (TPSA) is 64.6 Å². The lowest BCUT2D eigenvalue weighted by Gasteiger charge is -2.18. The monoisotopic (exact) mass is 373 g/mol. The Hall–Kier alpha value is -2.47. The van der Waals surface area contributed by atoms with Crippen LogP contribution in [0.1, 0.15) is 24.7 Å². The van der Waals surface area contributed by atoms with Crippen LogP contribution in [0.4, 0.5) is 5.69 Å². The molecule has 5 nitrogen and oxygen atoms in total. The summed E-state index contributed by atoms with van der Waals surface area (Å²) in [5.74, 6) is 0.178. The minimum Gasteiger partial charge on any atom is -0.492 e. The number of carbonyl (C=O) groups is 2. The minimum atomic E-state index is -0.532. The van der Waals surface area contributed by atoms with Crippen LogP contribution in [0.5, 0.6) is 5.75 Å². The fourth-order valence-corrected chi connectivity index (χ4v) is 3.30. The van der Waals surface area contributed by atoms with Gasteiger partial charge in [-0.25, -0.2) is 0 Å². The zero-order valence-electron chi connectivity index (χ0n) is 14.9. The van der Waals surface area contributed by atoms with Crippen molar-refractivity contribution in [3.63, 3.8) is 0 Å². The van der Waals surface area contributed by atoms with E-state index >= 15 is 0 Å². The SMILES string of the molecule is CCOC(=O)CSC(C(=O)Nc1ccccc1OCC)c1ccccc1. The molecule has 0 radical (unpaired) electrons. The molecule has 0 spiro atoms. The van der Waals surface area contributed by atoms with Crippen LogP contribution in [-0.2, 0) is 14.3 Å². The summed E-state index contributed by atoms with van der Waals surface area (Å²) >= 11 is 1.24. The molecule has 0 saturated heterocycles. The van der Waals surface area contributed by atoms with Gasteiger partial charge in [-0.15, -0.1) is 11.8 Å². The van der Waals surface area contributed by atoms with Crippen LogP contribution in [0.2, 0.25) is 0 Å². The van der Waals surface area contributed by atoms with E-state index in [9.17, 15) is 9.59 Å². The molecule has 1 N–H and O–H groups in total. The number of anilines is 1. The Labute approximate surface area is 158 Å². The standard InChI is InChI=1S/C20H23NO4S/c1-3-24-17-13-9-8-12-16(17)21-20(23)19(15-10-6-5-7-11-15)26-14-18(22)25-4-2/h5-13,19H,3-4,14H2,1-2H3,(H,21,23). The number of para-hydroxylation sites is 2. The summed E-state index contributed by atoms with van der Waals surface area (Å²) in [6.45, 7) is 4.48.